The summed E-state index contributed by atoms with van der Waals surface area (Å²) < 4.78 is 42.5. The summed E-state index contributed by atoms with van der Waals surface area (Å²) in [5.74, 6) is -0.284. The van der Waals surface area contributed by atoms with Crippen LogP contribution in [-0.4, -0.2) is 23.8 Å². The summed E-state index contributed by atoms with van der Waals surface area (Å²) >= 11 is 0. The molecule has 2 aromatic rings. The number of nitrogens with one attached hydrogen (secondary N) is 1. The lowest BCUT2D eigenvalue weighted by molar-refractivity contribution is -0.137. The predicted molar refractivity (Wildman–Crippen MR) is 85.8 cm³/mol. The molecule has 0 atom stereocenters. The molecular formula is C17H15F3N2O3. The number of hydrogen-bond donors (Lipinski definition) is 2. The summed E-state index contributed by atoms with van der Waals surface area (Å²) in [4.78, 5) is 11.9. The van der Waals surface area contributed by atoms with Crippen molar-refractivity contribution in [3.63, 3.8) is 0 Å². The molecule has 0 aromatic heterocycles. The van der Waals surface area contributed by atoms with E-state index >= 15 is 0 Å². The second-order valence-corrected chi connectivity index (χ2v) is 5.10. The van der Waals surface area contributed by atoms with E-state index in [1.54, 1.807) is 19.1 Å². The lowest BCUT2D eigenvalue weighted by Gasteiger charge is -2.08. The van der Waals surface area contributed by atoms with E-state index in [-0.39, 0.29) is 11.3 Å². The van der Waals surface area contributed by atoms with Crippen LogP contribution in [0, 0.1) is 0 Å². The normalized spacial score (nSPS) is 12.0. The van der Waals surface area contributed by atoms with E-state index in [4.69, 9.17) is 4.74 Å². The van der Waals surface area contributed by atoms with Gasteiger partial charge in [-0.25, -0.2) is 5.43 Å². The fourth-order valence-corrected chi connectivity index (χ4v) is 2.01. The van der Waals surface area contributed by atoms with Gasteiger partial charge in [-0.15, -0.1) is 0 Å². The molecule has 0 bridgehead atoms. The average molecular weight is 352 g/mol. The lowest BCUT2D eigenvalue weighted by Crippen LogP contribution is -2.19. The Morgan fingerprint density at radius 1 is 1.16 bits per heavy atom. The van der Waals surface area contributed by atoms with Gasteiger partial charge in [-0.3, -0.25) is 4.79 Å². The molecule has 0 aliphatic carbocycles. The Morgan fingerprint density at radius 3 is 2.32 bits per heavy atom. The highest BCUT2D eigenvalue weighted by Gasteiger charge is 2.30. The summed E-state index contributed by atoms with van der Waals surface area (Å²) in [6, 6.07) is 8.35. The number of benzene rings is 2. The van der Waals surface area contributed by atoms with Crippen LogP contribution in [0.4, 0.5) is 13.2 Å². The first-order valence-electron chi connectivity index (χ1n) is 7.11. The van der Waals surface area contributed by atoms with Crippen molar-refractivity contribution in [3.05, 3.63) is 59.2 Å². The van der Waals surface area contributed by atoms with Gasteiger partial charge in [-0.1, -0.05) is 0 Å². The molecule has 1 amide bonds. The standard InChI is InChI=1S/C17H15F3N2O3/c1-10(14-8-7-13(25-2)9-15(14)23)21-22-16(24)11-3-5-12(6-4-11)17(18,19)20/h3-9,23H,1-2H3,(H,22,24). The summed E-state index contributed by atoms with van der Waals surface area (Å²) in [7, 11) is 1.46. The van der Waals surface area contributed by atoms with Crippen molar-refractivity contribution in [1.29, 1.82) is 0 Å². The first-order valence-corrected chi connectivity index (χ1v) is 7.11. The van der Waals surface area contributed by atoms with Crippen molar-refractivity contribution in [2.45, 2.75) is 13.1 Å². The summed E-state index contributed by atoms with van der Waals surface area (Å²) in [6.07, 6.45) is -4.46. The molecule has 0 saturated heterocycles. The molecule has 0 fully saturated rings. The zero-order valence-electron chi connectivity index (χ0n) is 13.4. The number of alkyl halides is 3. The summed E-state index contributed by atoms with van der Waals surface area (Å²) in [5.41, 5.74) is 2.13. The number of phenols is 1. The van der Waals surface area contributed by atoms with Crippen molar-refractivity contribution in [2.75, 3.05) is 7.11 Å². The number of hydrazone groups is 1. The second kappa shape index (κ2) is 7.25. The Morgan fingerprint density at radius 2 is 1.80 bits per heavy atom. The summed E-state index contributed by atoms with van der Waals surface area (Å²) in [5, 5.41) is 13.8. The van der Waals surface area contributed by atoms with Gasteiger partial charge in [0.15, 0.2) is 0 Å². The third-order valence-corrected chi connectivity index (χ3v) is 3.39. The molecule has 0 heterocycles. The number of methoxy groups -OCH3 is 1. The van der Waals surface area contributed by atoms with Crippen LogP contribution in [0.3, 0.4) is 0 Å². The maximum Gasteiger partial charge on any atom is 0.416 e. The Labute approximate surface area is 141 Å². The van der Waals surface area contributed by atoms with E-state index in [0.717, 1.165) is 24.3 Å². The van der Waals surface area contributed by atoms with Gasteiger partial charge < -0.3 is 9.84 Å². The van der Waals surface area contributed by atoms with E-state index in [1.165, 1.54) is 13.2 Å². The number of hydrogen-bond acceptors (Lipinski definition) is 4. The third kappa shape index (κ3) is 4.50. The number of aromatic hydroxyl groups is 1. The highest BCUT2D eigenvalue weighted by molar-refractivity contribution is 6.02. The monoisotopic (exact) mass is 352 g/mol. The van der Waals surface area contributed by atoms with Gasteiger partial charge in [0.05, 0.1) is 18.4 Å². The number of carbonyl (C=O) groups is 1. The maximum atomic E-state index is 12.5. The maximum absolute atomic E-state index is 12.5. The molecule has 5 nitrogen and oxygen atoms in total. The van der Waals surface area contributed by atoms with E-state index in [1.807, 2.05) is 0 Å². The fraction of sp³-hybridized carbons (Fsp3) is 0.176. The number of carbonyl (C=O) groups excluding carboxylic acids is 1. The molecular weight excluding hydrogens is 337 g/mol. The topological polar surface area (TPSA) is 70.9 Å². The van der Waals surface area contributed by atoms with Crippen LogP contribution in [0.1, 0.15) is 28.4 Å². The Kier molecular flexibility index (Phi) is 5.31. The molecule has 0 saturated carbocycles. The first kappa shape index (κ1) is 18.3. The van der Waals surface area contributed by atoms with Crippen LogP contribution >= 0.6 is 0 Å². The van der Waals surface area contributed by atoms with Gasteiger partial charge in [0.2, 0.25) is 0 Å². The van der Waals surface area contributed by atoms with Crippen molar-refractivity contribution >= 4 is 11.6 Å². The summed E-state index contributed by atoms with van der Waals surface area (Å²) in [6.45, 7) is 1.56. The number of halogens is 3. The molecule has 0 aliphatic rings. The third-order valence-electron chi connectivity index (χ3n) is 3.39. The fourth-order valence-electron chi connectivity index (χ4n) is 2.01. The van der Waals surface area contributed by atoms with Crippen LogP contribution in [0.2, 0.25) is 0 Å². The highest BCUT2D eigenvalue weighted by atomic mass is 19.4. The number of amides is 1. The number of ether oxygens (including phenoxy) is 1. The van der Waals surface area contributed by atoms with Crippen molar-refractivity contribution in [2.24, 2.45) is 5.10 Å². The van der Waals surface area contributed by atoms with Gasteiger partial charge in [-0.2, -0.15) is 18.3 Å². The molecule has 25 heavy (non-hydrogen) atoms. The predicted octanol–water partition coefficient (Wildman–Crippen LogP) is 3.57. The molecule has 0 unspecified atom stereocenters. The number of rotatable bonds is 4. The Bertz CT molecular complexity index is 800. The SMILES string of the molecule is COc1ccc(C(C)=NNC(=O)c2ccc(C(F)(F)F)cc2)c(O)c1. The van der Waals surface area contributed by atoms with Crippen molar-refractivity contribution in [1.82, 2.24) is 5.43 Å². The highest BCUT2D eigenvalue weighted by Crippen LogP contribution is 2.29. The smallest absolute Gasteiger partial charge is 0.416 e. The number of nitrogens with zero attached hydrogens (tertiary/aromatic N) is 1. The first-order chi connectivity index (χ1) is 11.7. The molecule has 0 aliphatic heterocycles. The molecule has 0 radical (unpaired) electrons. The number of phenolic OH excluding ortho intramolecular Hbond substituents is 1. The van der Waals surface area contributed by atoms with E-state index in [2.05, 4.69) is 10.5 Å². The average Bonchev–Trinajstić information content (AvgIpc) is 2.58. The van der Waals surface area contributed by atoms with Gasteiger partial charge in [0, 0.05) is 17.2 Å². The van der Waals surface area contributed by atoms with Gasteiger partial charge in [-0.05, 0) is 43.3 Å². The van der Waals surface area contributed by atoms with Crippen LogP contribution in [0.15, 0.2) is 47.6 Å². The van der Waals surface area contributed by atoms with Crippen LogP contribution in [0.25, 0.3) is 0 Å². The largest absolute Gasteiger partial charge is 0.507 e. The van der Waals surface area contributed by atoms with Crippen molar-refractivity contribution < 1.29 is 27.8 Å². The molecule has 2 N–H and O–H groups in total. The molecule has 0 spiro atoms. The van der Waals surface area contributed by atoms with Gasteiger partial charge >= 0.3 is 6.18 Å². The van der Waals surface area contributed by atoms with Gasteiger partial charge in [0.1, 0.15) is 11.5 Å². The minimum atomic E-state index is -4.46. The zero-order valence-corrected chi connectivity index (χ0v) is 13.4. The van der Waals surface area contributed by atoms with Gasteiger partial charge in [0.25, 0.3) is 5.91 Å². The van der Waals surface area contributed by atoms with E-state index in [0.29, 0.717) is 17.0 Å². The lowest BCUT2D eigenvalue weighted by atomic mass is 10.1. The Balaban J connectivity index is 2.11. The van der Waals surface area contributed by atoms with Crippen LogP contribution in [0.5, 0.6) is 11.5 Å². The zero-order chi connectivity index (χ0) is 18.6. The minimum Gasteiger partial charge on any atom is -0.507 e. The van der Waals surface area contributed by atoms with E-state index in [9.17, 15) is 23.1 Å². The molecule has 8 heteroatoms. The molecule has 2 aromatic carbocycles. The van der Waals surface area contributed by atoms with Crippen molar-refractivity contribution in [3.8, 4) is 11.5 Å². The van der Waals surface area contributed by atoms with Crippen LogP contribution in [-0.2, 0) is 6.18 Å². The molecule has 2 rings (SSSR count). The van der Waals surface area contributed by atoms with E-state index < -0.39 is 17.6 Å². The van der Waals surface area contributed by atoms with Crippen LogP contribution < -0.4 is 10.2 Å². The Hall–Kier alpha value is -3.03. The second-order valence-electron chi connectivity index (χ2n) is 5.10. The quantitative estimate of drug-likeness (QED) is 0.653. The minimum absolute atomic E-state index is 0.0310. The molecule has 132 valence electrons.